The minimum Gasteiger partial charge on any atom is -0.347 e. The number of carbonyl (C=O) groups is 2. The first-order valence-electron chi connectivity index (χ1n) is 8.15. The maximum atomic E-state index is 11.8. The van der Waals surface area contributed by atoms with E-state index in [0.717, 1.165) is 5.69 Å². The van der Waals surface area contributed by atoms with Gasteiger partial charge in [0.05, 0.1) is 12.3 Å². The van der Waals surface area contributed by atoms with E-state index in [-0.39, 0.29) is 24.1 Å². The fraction of sp³-hybridized carbons (Fsp3) is 0.412. The number of carbonyl (C=O) groups excluding carboxylic acids is 2. The first kappa shape index (κ1) is 20.2. The van der Waals surface area contributed by atoms with Gasteiger partial charge in [-0.15, -0.1) is 10.2 Å². The molecule has 0 bridgehead atoms. The van der Waals surface area contributed by atoms with E-state index in [1.165, 1.54) is 33.6 Å². The number of nitrogens with one attached hydrogen (secondary N) is 2. The van der Waals surface area contributed by atoms with Crippen LogP contribution in [0.5, 0.6) is 0 Å². The van der Waals surface area contributed by atoms with Gasteiger partial charge in [-0.1, -0.05) is 49.1 Å². The van der Waals surface area contributed by atoms with Gasteiger partial charge in [0.25, 0.3) is 0 Å². The minimum atomic E-state index is -0.209. The molecule has 0 atom stereocenters. The van der Waals surface area contributed by atoms with Crippen LogP contribution in [0.1, 0.15) is 25.3 Å². The van der Waals surface area contributed by atoms with Crippen LogP contribution in [0, 0.1) is 0 Å². The molecule has 0 aliphatic heterocycles. The molecule has 2 amide bonds. The fourth-order valence-electron chi connectivity index (χ4n) is 1.90. The van der Waals surface area contributed by atoms with Gasteiger partial charge in [-0.25, -0.2) is 0 Å². The number of rotatable bonds is 8. The lowest BCUT2D eigenvalue weighted by Crippen LogP contribution is -2.36. The first-order chi connectivity index (χ1) is 12.3. The molecule has 2 aromatic rings. The smallest absolute Gasteiger partial charge is 0.241 e. The molecule has 1 heterocycles. The molecule has 0 aliphatic rings. The summed E-state index contributed by atoms with van der Waals surface area (Å²) in [4.78, 5) is 24.6. The Bertz CT molecular complexity index is 744. The second kappa shape index (κ2) is 9.54. The van der Waals surface area contributed by atoms with Gasteiger partial charge in [-0.3, -0.25) is 9.59 Å². The van der Waals surface area contributed by atoms with E-state index >= 15 is 0 Å². The minimum absolute atomic E-state index is 0.00168. The van der Waals surface area contributed by atoms with E-state index in [2.05, 4.69) is 46.8 Å². The van der Waals surface area contributed by atoms with E-state index in [4.69, 9.17) is 0 Å². The van der Waals surface area contributed by atoms with Gasteiger partial charge in [0, 0.05) is 19.8 Å². The average molecular weight is 394 g/mol. The number of hydrogen-bond donors (Lipinski definition) is 2. The van der Waals surface area contributed by atoms with Crippen molar-refractivity contribution in [3.8, 4) is 0 Å². The van der Waals surface area contributed by atoms with Crippen molar-refractivity contribution in [3.63, 3.8) is 0 Å². The van der Waals surface area contributed by atoms with Gasteiger partial charge in [-0.05, 0) is 23.6 Å². The lowest BCUT2D eigenvalue weighted by molar-refractivity contribution is -0.130. The molecular weight excluding hydrogens is 370 g/mol. The van der Waals surface area contributed by atoms with Gasteiger partial charge in [0.2, 0.25) is 16.9 Å². The highest BCUT2D eigenvalue weighted by molar-refractivity contribution is 8.01. The van der Waals surface area contributed by atoms with E-state index in [0.29, 0.717) is 15.4 Å². The summed E-state index contributed by atoms with van der Waals surface area (Å²) in [6.07, 6.45) is 0. The number of anilines is 2. The number of likely N-dealkylation sites (N-methyl/N-ethyl adjacent to an activating group) is 1. The molecule has 2 N–H and O–H groups in total. The van der Waals surface area contributed by atoms with Gasteiger partial charge in [0.1, 0.15) is 0 Å². The molecule has 0 fully saturated rings. The number of nitrogens with zero attached hydrogens (tertiary/aromatic N) is 3. The van der Waals surface area contributed by atoms with Crippen LogP contribution in [0.3, 0.4) is 0 Å². The summed E-state index contributed by atoms with van der Waals surface area (Å²) in [5.41, 5.74) is 2.23. The summed E-state index contributed by atoms with van der Waals surface area (Å²) in [7, 11) is 3.30. The van der Waals surface area contributed by atoms with Crippen LogP contribution in [-0.4, -0.2) is 53.3 Å². The van der Waals surface area contributed by atoms with E-state index in [1.807, 2.05) is 12.1 Å². The first-order valence-corrected chi connectivity index (χ1v) is 9.95. The standard InChI is InChI=1S/C17H23N5O2S2/c1-11(2)12-5-7-13(8-6-12)19-16-20-21-17(26-16)25-10-14(23)18-9-15(24)22(3)4/h5-8,11H,9-10H2,1-4H3,(H,18,23)(H,19,20). The van der Waals surface area contributed by atoms with Crippen LogP contribution in [0.2, 0.25) is 0 Å². The van der Waals surface area contributed by atoms with Crippen molar-refractivity contribution in [2.24, 2.45) is 0 Å². The number of thioether (sulfide) groups is 1. The molecule has 0 spiro atoms. The Morgan fingerprint density at radius 3 is 2.50 bits per heavy atom. The van der Waals surface area contributed by atoms with Crippen LogP contribution in [0.25, 0.3) is 0 Å². The Labute approximate surface area is 161 Å². The zero-order valence-corrected chi connectivity index (χ0v) is 16.9. The SMILES string of the molecule is CC(C)c1ccc(Nc2nnc(SCC(=O)NCC(=O)N(C)C)s2)cc1. The number of amides is 2. The monoisotopic (exact) mass is 393 g/mol. The highest BCUT2D eigenvalue weighted by Crippen LogP contribution is 2.28. The molecule has 0 saturated carbocycles. The topological polar surface area (TPSA) is 87.2 Å². The van der Waals surface area contributed by atoms with E-state index in [1.54, 1.807) is 14.1 Å². The predicted molar refractivity (Wildman–Crippen MR) is 106 cm³/mol. The predicted octanol–water partition coefficient (Wildman–Crippen LogP) is 2.70. The Morgan fingerprint density at radius 1 is 1.19 bits per heavy atom. The van der Waals surface area contributed by atoms with Crippen LogP contribution >= 0.6 is 23.1 Å². The van der Waals surface area contributed by atoms with Crippen molar-refractivity contribution in [3.05, 3.63) is 29.8 Å². The van der Waals surface area contributed by atoms with Crippen LogP contribution < -0.4 is 10.6 Å². The number of aromatic nitrogens is 2. The van der Waals surface area contributed by atoms with Crippen LogP contribution in [0.15, 0.2) is 28.6 Å². The van der Waals surface area contributed by atoms with Gasteiger partial charge >= 0.3 is 0 Å². The summed E-state index contributed by atoms with van der Waals surface area (Å²) < 4.78 is 0.695. The Kier molecular flexibility index (Phi) is 7.40. The normalized spacial score (nSPS) is 10.7. The molecule has 7 nitrogen and oxygen atoms in total. The largest absolute Gasteiger partial charge is 0.347 e. The zero-order chi connectivity index (χ0) is 19.1. The van der Waals surface area contributed by atoms with Crippen molar-refractivity contribution >= 4 is 45.7 Å². The maximum absolute atomic E-state index is 11.8. The van der Waals surface area contributed by atoms with E-state index in [9.17, 15) is 9.59 Å². The molecule has 140 valence electrons. The summed E-state index contributed by atoms with van der Waals surface area (Å²) in [5.74, 6) is 0.333. The lowest BCUT2D eigenvalue weighted by atomic mass is 10.0. The second-order valence-corrected chi connectivity index (χ2v) is 8.33. The maximum Gasteiger partial charge on any atom is 0.241 e. The third-order valence-corrected chi connectivity index (χ3v) is 5.47. The Morgan fingerprint density at radius 2 is 1.88 bits per heavy atom. The van der Waals surface area contributed by atoms with Crippen LogP contribution in [-0.2, 0) is 9.59 Å². The average Bonchev–Trinajstić information content (AvgIpc) is 3.05. The molecular formula is C17H23N5O2S2. The van der Waals surface area contributed by atoms with Gasteiger partial charge in [0.15, 0.2) is 4.34 Å². The molecule has 0 radical (unpaired) electrons. The molecule has 1 aromatic carbocycles. The van der Waals surface area contributed by atoms with Gasteiger partial charge in [-0.2, -0.15) is 0 Å². The van der Waals surface area contributed by atoms with Crippen molar-refractivity contribution in [1.29, 1.82) is 0 Å². The number of benzene rings is 1. The molecule has 0 saturated heterocycles. The number of hydrogen-bond acceptors (Lipinski definition) is 7. The summed E-state index contributed by atoms with van der Waals surface area (Å²) >= 11 is 2.68. The Hall–Kier alpha value is -2.13. The Balaban J connectivity index is 1.80. The van der Waals surface area contributed by atoms with Crippen molar-refractivity contribution in [2.75, 3.05) is 31.7 Å². The molecule has 0 aliphatic carbocycles. The van der Waals surface area contributed by atoms with E-state index < -0.39 is 0 Å². The van der Waals surface area contributed by atoms with Crippen molar-refractivity contribution in [2.45, 2.75) is 24.1 Å². The lowest BCUT2D eigenvalue weighted by Gasteiger charge is -2.10. The quantitative estimate of drug-likeness (QED) is 0.671. The third kappa shape index (κ3) is 6.30. The highest BCUT2D eigenvalue weighted by atomic mass is 32.2. The van der Waals surface area contributed by atoms with Crippen molar-refractivity contribution in [1.82, 2.24) is 20.4 Å². The fourth-order valence-corrected chi connectivity index (χ4v) is 3.51. The molecule has 9 heteroatoms. The highest BCUT2D eigenvalue weighted by Gasteiger charge is 2.10. The summed E-state index contributed by atoms with van der Waals surface area (Å²) in [6.45, 7) is 4.31. The zero-order valence-electron chi connectivity index (χ0n) is 15.3. The molecule has 0 unspecified atom stereocenters. The second-order valence-electron chi connectivity index (χ2n) is 6.13. The molecule has 1 aromatic heterocycles. The van der Waals surface area contributed by atoms with Gasteiger partial charge < -0.3 is 15.5 Å². The van der Waals surface area contributed by atoms with Crippen molar-refractivity contribution < 1.29 is 9.59 Å². The third-order valence-electron chi connectivity index (χ3n) is 3.50. The summed E-state index contributed by atoms with van der Waals surface area (Å²) in [5, 5.41) is 14.6. The summed E-state index contributed by atoms with van der Waals surface area (Å²) in [6, 6.07) is 8.20. The molecule has 2 rings (SSSR count). The van der Waals surface area contributed by atoms with Crippen LogP contribution in [0.4, 0.5) is 10.8 Å². The molecule has 26 heavy (non-hydrogen) atoms.